The summed E-state index contributed by atoms with van der Waals surface area (Å²) in [5.74, 6) is 0.0480. The number of benzene rings is 2. The lowest BCUT2D eigenvalue weighted by molar-refractivity contribution is -0.118. The quantitative estimate of drug-likeness (QED) is 0.187. The Morgan fingerprint density at radius 2 is 1.31 bits per heavy atom. The normalized spacial score (nSPS) is 16.1. The highest BCUT2D eigenvalue weighted by atomic mass is 35.5. The molecular formula is C34H31Cl3N8O3. The summed E-state index contributed by atoms with van der Waals surface area (Å²) in [6.45, 7) is 2.00. The number of rotatable bonds is 1. The van der Waals surface area contributed by atoms with Crippen LogP contribution in [0.25, 0.3) is 22.1 Å². The van der Waals surface area contributed by atoms with E-state index in [-0.39, 0.29) is 11.7 Å². The second-order valence-electron chi connectivity index (χ2n) is 11.5. The molecule has 0 amide bonds. The van der Waals surface area contributed by atoms with Crippen LogP contribution in [-0.4, -0.2) is 64.3 Å². The molecule has 0 saturated carbocycles. The largest absolute Gasteiger partial charge is 0.381 e. The van der Waals surface area contributed by atoms with Crippen LogP contribution < -0.4 is 0 Å². The van der Waals surface area contributed by atoms with Gasteiger partial charge in [-0.15, -0.1) is 0 Å². The van der Waals surface area contributed by atoms with Crippen LogP contribution in [0.2, 0.25) is 15.2 Å². The number of ether oxygens (including phenoxy) is 1. The average molecular weight is 706 g/mol. The van der Waals surface area contributed by atoms with Gasteiger partial charge in [-0.3, -0.25) is 19.0 Å². The summed E-state index contributed by atoms with van der Waals surface area (Å²) in [7, 11) is 3.64. The summed E-state index contributed by atoms with van der Waals surface area (Å²) < 4.78 is 8.28. The molecule has 11 nitrogen and oxygen atoms in total. The van der Waals surface area contributed by atoms with Crippen molar-refractivity contribution in [2.75, 3.05) is 13.2 Å². The Balaban J connectivity index is 0.000000125. The van der Waals surface area contributed by atoms with Crippen LogP contribution in [-0.2, 0) is 47.7 Å². The Morgan fingerprint density at radius 3 is 1.98 bits per heavy atom. The van der Waals surface area contributed by atoms with Crippen molar-refractivity contribution in [1.82, 2.24) is 39.5 Å². The number of aromatic nitrogens is 8. The van der Waals surface area contributed by atoms with Crippen LogP contribution in [0.15, 0.2) is 61.4 Å². The lowest BCUT2D eigenvalue weighted by Gasteiger charge is -2.10. The van der Waals surface area contributed by atoms with E-state index in [9.17, 15) is 9.59 Å². The molecule has 1 unspecified atom stereocenters. The van der Waals surface area contributed by atoms with Crippen LogP contribution in [0.4, 0.5) is 0 Å². The molecule has 14 heteroatoms. The van der Waals surface area contributed by atoms with E-state index in [0.29, 0.717) is 52.2 Å². The molecule has 0 spiro atoms. The molecule has 1 saturated heterocycles. The number of carbonyl (C=O) groups is 2. The number of halogens is 3. The maximum Gasteiger partial charge on any atom is 0.185 e. The second kappa shape index (κ2) is 14.9. The van der Waals surface area contributed by atoms with E-state index < -0.39 is 0 Å². The summed E-state index contributed by atoms with van der Waals surface area (Å²) in [6, 6.07) is 11.2. The number of hydrogen-bond acceptors (Lipinski definition) is 9. The minimum Gasteiger partial charge on any atom is -0.381 e. The van der Waals surface area contributed by atoms with Gasteiger partial charge >= 0.3 is 0 Å². The summed E-state index contributed by atoms with van der Waals surface area (Å²) in [5, 5.41) is 11.7. The Labute approximate surface area is 291 Å². The zero-order chi connectivity index (χ0) is 33.8. The highest BCUT2D eigenvalue weighted by Gasteiger charge is 2.34. The van der Waals surface area contributed by atoms with Crippen molar-refractivity contribution in [2.24, 2.45) is 14.1 Å². The molecule has 6 aromatic rings. The first-order valence-electron chi connectivity index (χ1n) is 15.3. The predicted octanol–water partition coefficient (Wildman–Crippen LogP) is 6.10. The molecule has 2 aliphatic carbocycles. The van der Waals surface area contributed by atoms with Gasteiger partial charge in [-0.1, -0.05) is 46.9 Å². The number of Topliss-reactive ketones (excluding diaryl/α,β-unsaturated/α-hetero) is 2. The highest BCUT2D eigenvalue weighted by molar-refractivity contribution is 6.33. The van der Waals surface area contributed by atoms with Gasteiger partial charge in [0.25, 0.3) is 0 Å². The van der Waals surface area contributed by atoms with Crippen LogP contribution in [0, 0.1) is 0 Å². The maximum atomic E-state index is 12.5. The van der Waals surface area contributed by atoms with Crippen LogP contribution in [0.5, 0.6) is 0 Å². The molecule has 1 fully saturated rings. The summed E-state index contributed by atoms with van der Waals surface area (Å²) in [4.78, 5) is 39.7. The fraction of sp³-hybridized carbons (Fsp3) is 0.294. The molecule has 5 heterocycles. The van der Waals surface area contributed by atoms with Crippen molar-refractivity contribution in [3.8, 4) is 0 Å². The first kappa shape index (κ1) is 33.6. The molecule has 4 aromatic heterocycles. The first-order valence-corrected chi connectivity index (χ1v) is 16.4. The molecule has 0 N–H and O–H groups in total. The average Bonchev–Trinajstić information content (AvgIpc) is 3.88. The fourth-order valence-corrected chi connectivity index (χ4v) is 6.36. The summed E-state index contributed by atoms with van der Waals surface area (Å²) in [5.41, 5.74) is 6.14. The Bertz CT molecular complexity index is 2120. The van der Waals surface area contributed by atoms with E-state index in [0.717, 1.165) is 51.3 Å². The van der Waals surface area contributed by atoms with Gasteiger partial charge in [0, 0.05) is 69.0 Å². The zero-order valence-electron chi connectivity index (χ0n) is 26.2. The second-order valence-corrected chi connectivity index (χ2v) is 12.8. The Morgan fingerprint density at radius 1 is 0.708 bits per heavy atom. The molecule has 48 heavy (non-hydrogen) atoms. The Hall–Kier alpha value is -4.29. The number of ketones is 2. The van der Waals surface area contributed by atoms with Gasteiger partial charge in [-0.2, -0.15) is 10.2 Å². The SMILES string of the molecule is C1CCOC1.Cn1cc2c(C3C(=O)Cc4ccc(Cl)cc43)ncnc2n1.Cn1cc2c(Cl)ncnc2n1.O=C1Cc2ccc(Cl)cc2C1. The number of nitrogens with zero attached hydrogens (tertiary/aromatic N) is 8. The molecule has 9 rings (SSSR count). The number of fused-ring (bicyclic) bond motifs is 4. The van der Waals surface area contributed by atoms with Crippen molar-refractivity contribution in [1.29, 1.82) is 0 Å². The molecule has 0 radical (unpaired) electrons. The minimum atomic E-state index is -0.381. The van der Waals surface area contributed by atoms with Crippen molar-refractivity contribution in [3.63, 3.8) is 0 Å². The van der Waals surface area contributed by atoms with E-state index >= 15 is 0 Å². The molecule has 2 aromatic carbocycles. The zero-order valence-corrected chi connectivity index (χ0v) is 28.5. The molecule has 1 atom stereocenters. The molecule has 0 bridgehead atoms. The topological polar surface area (TPSA) is 131 Å². The third-order valence-electron chi connectivity index (χ3n) is 7.99. The van der Waals surface area contributed by atoms with Gasteiger partial charge in [0.05, 0.1) is 22.4 Å². The molecule has 1 aliphatic heterocycles. The number of hydrogen-bond donors (Lipinski definition) is 0. The van der Waals surface area contributed by atoms with Crippen LogP contribution in [0.3, 0.4) is 0 Å². The van der Waals surface area contributed by atoms with Gasteiger partial charge in [-0.05, 0) is 59.4 Å². The first-order chi connectivity index (χ1) is 23.2. The lowest BCUT2D eigenvalue weighted by Crippen LogP contribution is -2.10. The molecule has 246 valence electrons. The predicted molar refractivity (Wildman–Crippen MR) is 184 cm³/mol. The third-order valence-corrected chi connectivity index (χ3v) is 8.77. The molecular weight excluding hydrogens is 675 g/mol. The Kier molecular flexibility index (Phi) is 10.4. The van der Waals surface area contributed by atoms with Gasteiger partial charge < -0.3 is 4.74 Å². The van der Waals surface area contributed by atoms with Crippen molar-refractivity contribution in [2.45, 2.75) is 38.0 Å². The third kappa shape index (κ3) is 7.71. The van der Waals surface area contributed by atoms with E-state index in [2.05, 4.69) is 30.1 Å². The highest BCUT2D eigenvalue weighted by Crippen LogP contribution is 2.38. The molecule has 3 aliphatic rings. The van der Waals surface area contributed by atoms with E-state index in [1.54, 1.807) is 15.6 Å². The van der Waals surface area contributed by atoms with Gasteiger partial charge in [0.15, 0.2) is 17.1 Å². The van der Waals surface area contributed by atoms with Crippen molar-refractivity contribution < 1.29 is 14.3 Å². The monoisotopic (exact) mass is 704 g/mol. The van der Waals surface area contributed by atoms with Gasteiger partial charge in [0.2, 0.25) is 0 Å². The summed E-state index contributed by atoms with van der Waals surface area (Å²) in [6.07, 6.45) is 10.6. The van der Waals surface area contributed by atoms with E-state index in [1.165, 1.54) is 25.5 Å². The van der Waals surface area contributed by atoms with E-state index in [4.69, 9.17) is 39.5 Å². The maximum absolute atomic E-state index is 12.5. The fourth-order valence-electron chi connectivity index (χ4n) is 5.81. The van der Waals surface area contributed by atoms with Gasteiger partial charge in [0.1, 0.15) is 23.6 Å². The number of carbonyl (C=O) groups excluding carboxylic acids is 2. The van der Waals surface area contributed by atoms with Crippen LogP contribution >= 0.6 is 34.8 Å². The van der Waals surface area contributed by atoms with Gasteiger partial charge in [-0.25, -0.2) is 19.9 Å². The lowest BCUT2D eigenvalue weighted by atomic mass is 9.95. The van der Waals surface area contributed by atoms with Crippen molar-refractivity contribution in [3.05, 3.63) is 105 Å². The smallest absolute Gasteiger partial charge is 0.185 e. The van der Waals surface area contributed by atoms with E-state index in [1.807, 2.05) is 56.7 Å². The standard InChI is InChI=1S/C15H11ClN4O.C9H7ClO.C6H5ClN4.C4H8O/c1-20-6-11-14(17-7-18-15(11)19-20)13-10-5-9(16)3-2-8(10)4-12(13)21;10-8-2-1-6-4-9(11)5-7(6)3-8;1-11-2-4-5(7)8-3-9-6(4)10-11;1-2-4-5-3-1/h2-3,5-7,13H,4H2,1H3;1-3H,4-5H2;2-3H,1H3;1-4H2. The number of aryl methyl sites for hydroxylation is 2. The summed E-state index contributed by atoms with van der Waals surface area (Å²) >= 11 is 17.6. The van der Waals surface area contributed by atoms with Crippen molar-refractivity contribution >= 4 is 68.4 Å². The minimum absolute atomic E-state index is 0.135. The van der Waals surface area contributed by atoms with Crippen LogP contribution in [0.1, 0.15) is 46.7 Å².